The molecule has 5 heteroatoms. The molecule has 5 nitrogen and oxygen atoms in total. The van der Waals surface area contributed by atoms with Crippen LogP contribution < -0.4 is 0 Å². The van der Waals surface area contributed by atoms with Gasteiger partial charge in [0.25, 0.3) is 0 Å². The van der Waals surface area contributed by atoms with E-state index in [2.05, 4.69) is 27.0 Å². The van der Waals surface area contributed by atoms with Crippen molar-refractivity contribution in [1.82, 2.24) is 14.9 Å². The molecule has 0 aliphatic carbocycles. The second-order valence-electron chi connectivity index (χ2n) is 7.02. The lowest BCUT2D eigenvalue weighted by Gasteiger charge is -2.45. The number of nitrogens with zero attached hydrogens (tertiary/aromatic N) is 3. The first-order valence-electron chi connectivity index (χ1n) is 9.01. The Bertz CT molecular complexity index is 680. The molecule has 0 spiro atoms. The summed E-state index contributed by atoms with van der Waals surface area (Å²) in [5.41, 5.74) is 1.61. The van der Waals surface area contributed by atoms with Crippen molar-refractivity contribution in [1.29, 1.82) is 0 Å². The fraction of sp³-hybridized carbons (Fsp3) is 0.500. The number of piperidine rings is 1. The predicted octanol–water partition coefficient (Wildman–Crippen LogP) is 1.83. The van der Waals surface area contributed by atoms with E-state index >= 15 is 0 Å². The monoisotopic (exact) mass is 341 g/mol. The molecule has 2 atom stereocenters. The van der Waals surface area contributed by atoms with E-state index in [4.69, 9.17) is 0 Å². The maximum absolute atomic E-state index is 10.6. The van der Waals surface area contributed by atoms with Crippen LogP contribution in [0.3, 0.4) is 0 Å². The van der Waals surface area contributed by atoms with Crippen molar-refractivity contribution in [3.8, 4) is 0 Å². The lowest BCUT2D eigenvalue weighted by molar-refractivity contribution is -0.0770. The Morgan fingerprint density at radius 1 is 1.24 bits per heavy atom. The number of likely N-dealkylation sites (tertiary alicyclic amines) is 1. The highest BCUT2D eigenvalue weighted by Gasteiger charge is 2.42. The van der Waals surface area contributed by atoms with Gasteiger partial charge < -0.3 is 10.2 Å². The average molecular weight is 341 g/mol. The standard InChI is InChI=1S/C20H27N3O2/c1-2-19-21-10-8-17(22-19)13-23-11-9-18(25)20(14-23,15-24)12-16-6-4-3-5-7-16/h3-8,10,18,24-25H,2,9,11-15H2,1H3/t18-,20+/m0/s1. The van der Waals surface area contributed by atoms with Gasteiger partial charge in [-0.25, -0.2) is 9.97 Å². The molecule has 1 aromatic carbocycles. The van der Waals surface area contributed by atoms with Gasteiger partial charge in [-0.15, -0.1) is 0 Å². The van der Waals surface area contributed by atoms with Crippen LogP contribution in [-0.4, -0.2) is 50.9 Å². The van der Waals surface area contributed by atoms with Crippen molar-refractivity contribution >= 4 is 0 Å². The molecule has 2 aromatic rings. The number of hydrogen-bond donors (Lipinski definition) is 2. The summed E-state index contributed by atoms with van der Waals surface area (Å²) < 4.78 is 0. The molecule has 3 rings (SSSR count). The van der Waals surface area contributed by atoms with Gasteiger partial charge in [-0.05, 0) is 24.5 Å². The van der Waals surface area contributed by atoms with Gasteiger partial charge in [0.15, 0.2) is 0 Å². The fourth-order valence-electron chi connectivity index (χ4n) is 3.69. The zero-order valence-corrected chi connectivity index (χ0v) is 14.8. The van der Waals surface area contributed by atoms with E-state index < -0.39 is 11.5 Å². The number of aromatic nitrogens is 2. The van der Waals surface area contributed by atoms with Crippen LogP contribution in [0, 0.1) is 5.41 Å². The maximum Gasteiger partial charge on any atom is 0.128 e. The Kier molecular flexibility index (Phi) is 5.78. The van der Waals surface area contributed by atoms with Crippen LogP contribution in [0.5, 0.6) is 0 Å². The normalized spacial score (nSPS) is 24.4. The molecular weight excluding hydrogens is 314 g/mol. The smallest absolute Gasteiger partial charge is 0.128 e. The predicted molar refractivity (Wildman–Crippen MR) is 97.0 cm³/mol. The van der Waals surface area contributed by atoms with Gasteiger partial charge in [-0.3, -0.25) is 4.90 Å². The van der Waals surface area contributed by atoms with Crippen molar-refractivity contribution < 1.29 is 10.2 Å². The van der Waals surface area contributed by atoms with E-state index in [0.717, 1.165) is 36.6 Å². The van der Waals surface area contributed by atoms with Crippen LogP contribution in [0.2, 0.25) is 0 Å². The summed E-state index contributed by atoms with van der Waals surface area (Å²) in [5, 5.41) is 20.8. The van der Waals surface area contributed by atoms with Gasteiger partial charge in [0, 0.05) is 37.7 Å². The lowest BCUT2D eigenvalue weighted by Crippen LogP contribution is -2.54. The third-order valence-electron chi connectivity index (χ3n) is 5.14. The fourth-order valence-corrected chi connectivity index (χ4v) is 3.69. The van der Waals surface area contributed by atoms with Crippen LogP contribution in [0.4, 0.5) is 0 Å². The molecule has 0 saturated carbocycles. The minimum atomic E-state index is -0.528. The second-order valence-corrected chi connectivity index (χ2v) is 7.02. The van der Waals surface area contributed by atoms with Crippen LogP contribution in [-0.2, 0) is 19.4 Å². The molecule has 0 unspecified atom stereocenters. The highest BCUT2D eigenvalue weighted by molar-refractivity contribution is 5.18. The molecule has 2 N–H and O–H groups in total. The van der Waals surface area contributed by atoms with E-state index in [9.17, 15) is 10.2 Å². The Balaban J connectivity index is 1.75. The van der Waals surface area contributed by atoms with Gasteiger partial charge in [0.05, 0.1) is 18.4 Å². The van der Waals surface area contributed by atoms with Crippen molar-refractivity contribution in [3.63, 3.8) is 0 Å². The number of aryl methyl sites for hydroxylation is 1. The zero-order valence-electron chi connectivity index (χ0n) is 14.8. The van der Waals surface area contributed by atoms with Gasteiger partial charge in [-0.1, -0.05) is 37.3 Å². The third kappa shape index (κ3) is 4.24. The van der Waals surface area contributed by atoms with Crippen LogP contribution >= 0.6 is 0 Å². The molecule has 0 radical (unpaired) electrons. The Hall–Kier alpha value is -1.82. The molecule has 0 amide bonds. The van der Waals surface area contributed by atoms with Crippen LogP contribution in [0.1, 0.15) is 30.4 Å². The molecule has 0 bridgehead atoms. The Morgan fingerprint density at radius 2 is 2.04 bits per heavy atom. The number of aliphatic hydroxyl groups is 2. The second kappa shape index (κ2) is 8.04. The molecule has 1 fully saturated rings. The highest BCUT2D eigenvalue weighted by Crippen LogP contribution is 2.34. The summed E-state index contributed by atoms with van der Waals surface area (Å²) >= 11 is 0. The van der Waals surface area contributed by atoms with Crippen molar-refractivity contribution in [3.05, 3.63) is 59.7 Å². The SMILES string of the molecule is CCc1nccc(CN2CC[C@H](O)[C@](CO)(Cc3ccccc3)C2)n1. The molecular formula is C20H27N3O2. The number of hydrogen-bond acceptors (Lipinski definition) is 5. The topological polar surface area (TPSA) is 69.5 Å². The van der Waals surface area contributed by atoms with Crippen LogP contribution in [0.25, 0.3) is 0 Å². The minimum absolute atomic E-state index is 0.0243. The molecule has 25 heavy (non-hydrogen) atoms. The van der Waals surface area contributed by atoms with Gasteiger partial charge >= 0.3 is 0 Å². The molecule has 134 valence electrons. The first-order chi connectivity index (χ1) is 12.1. The van der Waals surface area contributed by atoms with E-state index in [1.165, 1.54) is 0 Å². The molecule has 1 aliphatic rings. The summed E-state index contributed by atoms with van der Waals surface area (Å²) in [6.45, 7) is 4.21. The van der Waals surface area contributed by atoms with Crippen molar-refractivity contribution in [2.75, 3.05) is 19.7 Å². The Morgan fingerprint density at radius 3 is 2.76 bits per heavy atom. The number of aliphatic hydroxyl groups excluding tert-OH is 2. The molecule has 1 saturated heterocycles. The summed E-state index contributed by atoms with van der Waals surface area (Å²) in [6, 6.07) is 12.0. The van der Waals surface area contributed by atoms with Gasteiger partial charge in [-0.2, -0.15) is 0 Å². The van der Waals surface area contributed by atoms with E-state index in [1.54, 1.807) is 0 Å². The van der Waals surface area contributed by atoms with Crippen molar-refractivity contribution in [2.45, 2.75) is 38.8 Å². The first-order valence-corrected chi connectivity index (χ1v) is 9.01. The highest BCUT2D eigenvalue weighted by atomic mass is 16.3. The van der Waals surface area contributed by atoms with Crippen LogP contribution in [0.15, 0.2) is 42.6 Å². The Labute approximate surface area is 149 Å². The molecule has 1 aromatic heterocycles. The average Bonchev–Trinajstić information content (AvgIpc) is 2.65. The zero-order chi connectivity index (χ0) is 17.7. The van der Waals surface area contributed by atoms with Crippen molar-refractivity contribution in [2.24, 2.45) is 5.41 Å². The maximum atomic E-state index is 10.6. The van der Waals surface area contributed by atoms with E-state index in [-0.39, 0.29) is 6.61 Å². The lowest BCUT2D eigenvalue weighted by atomic mass is 9.73. The molecule has 1 aliphatic heterocycles. The molecule has 2 heterocycles. The first kappa shape index (κ1) is 18.0. The third-order valence-corrected chi connectivity index (χ3v) is 5.14. The summed E-state index contributed by atoms with van der Waals surface area (Å²) in [5.74, 6) is 0.854. The largest absolute Gasteiger partial charge is 0.396 e. The summed E-state index contributed by atoms with van der Waals surface area (Å²) in [7, 11) is 0. The number of rotatable bonds is 6. The van der Waals surface area contributed by atoms with E-state index in [0.29, 0.717) is 19.4 Å². The minimum Gasteiger partial charge on any atom is -0.396 e. The van der Waals surface area contributed by atoms with E-state index in [1.807, 2.05) is 37.4 Å². The van der Waals surface area contributed by atoms with Gasteiger partial charge in [0.2, 0.25) is 0 Å². The van der Waals surface area contributed by atoms with Gasteiger partial charge in [0.1, 0.15) is 5.82 Å². The number of benzene rings is 1. The summed E-state index contributed by atoms with van der Waals surface area (Å²) in [6.07, 6.45) is 3.47. The summed E-state index contributed by atoms with van der Waals surface area (Å²) in [4.78, 5) is 11.1. The quantitative estimate of drug-likeness (QED) is 0.839.